The van der Waals surface area contributed by atoms with Gasteiger partial charge >= 0.3 is 17.7 Å². The quantitative estimate of drug-likeness (QED) is 0.686. The van der Waals surface area contributed by atoms with E-state index in [4.69, 9.17) is 14.2 Å². The van der Waals surface area contributed by atoms with Gasteiger partial charge in [-0.2, -0.15) is 26.7 Å². The summed E-state index contributed by atoms with van der Waals surface area (Å²) >= 11 is -0.750. The van der Waals surface area contributed by atoms with E-state index < -0.39 is 23.4 Å². The Bertz CT molecular complexity index is 851. The molecule has 0 fully saturated rings. The van der Waals surface area contributed by atoms with E-state index in [1.54, 1.807) is 36.4 Å². The number of aromatic nitrogens is 2. The first-order chi connectivity index (χ1) is 12.3. The van der Waals surface area contributed by atoms with Gasteiger partial charge in [0, 0.05) is 11.3 Å². The number of aryl methyl sites for hydroxylation is 1. The summed E-state index contributed by atoms with van der Waals surface area (Å²) in [5.74, 6) is 0. The standard InChI is InChI=1S/C17H14F3N3.O2S/c1-11-2-8-14(9-3-11)23-15(10-16(22-23)17(18,19)20)12-4-6-13(21)7-5-12;1-3-2/h2-10H,21H2,1H3;. The Balaban J connectivity index is 0.000000758. The SMILES string of the molecule is Cc1ccc(-n2nc(C(F)(F)F)cc2-c2ccc(N)cc2)cc1.O=S=O. The van der Waals surface area contributed by atoms with Gasteiger partial charge in [-0.3, -0.25) is 0 Å². The smallest absolute Gasteiger partial charge is 0.399 e. The van der Waals surface area contributed by atoms with Crippen molar-refractivity contribution in [3.05, 3.63) is 65.9 Å². The van der Waals surface area contributed by atoms with Crippen molar-refractivity contribution >= 4 is 17.3 Å². The maximum absolute atomic E-state index is 13.0. The van der Waals surface area contributed by atoms with E-state index in [0.29, 0.717) is 22.6 Å². The molecule has 1 heterocycles. The first-order valence-corrected chi connectivity index (χ1v) is 7.95. The van der Waals surface area contributed by atoms with Crippen molar-refractivity contribution < 1.29 is 21.6 Å². The molecular weight excluding hydrogens is 367 g/mol. The summed E-state index contributed by atoms with van der Waals surface area (Å²) < 4.78 is 57.0. The van der Waals surface area contributed by atoms with Gasteiger partial charge in [0.2, 0.25) is 0 Å². The van der Waals surface area contributed by atoms with Crippen molar-refractivity contribution in [3.63, 3.8) is 0 Å². The molecule has 0 aliphatic rings. The van der Waals surface area contributed by atoms with Gasteiger partial charge < -0.3 is 5.73 Å². The summed E-state index contributed by atoms with van der Waals surface area (Å²) in [6, 6.07) is 14.8. The average Bonchev–Trinajstić information content (AvgIpc) is 3.02. The molecular formula is C17H14F3N3O2S. The van der Waals surface area contributed by atoms with Crippen molar-refractivity contribution in [3.8, 4) is 16.9 Å². The fraction of sp³-hybridized carbons (Fsp3) is 0.118. The maximum Gasteiger partial charge on any atom is 0.435 e. The molecule has 0 atom stereocenters. The molecule has 0 radical (unpaired) electrons. The minimum atomic E-state index is -4.50. The van der Waals surface area contributed by atoms with Gasteiger partial charge in [0.25, 0.3) is 0 Å². The highest BCUT2D eigenvalue weighted by atomic mass is 32.1. The second kappa shape index (κ2) is 7.96. The van der Waals surface area contributed by atoms with Crippen LogP contribution >= 0.6 is 0 Å². The molecule has 2 N–H and O–H groups in total. The molecule has 0 aliphatic heterocycles. The van der Waals surface area contributed by atoms with Crippen LogP contribution in [0.25, 0.3) is 16.9 Å². The number of hydrogen-bond acceptors (Lipinski definition) is 4. The highest BCUT2D eigenvalue weighted by Gasteiger charge is 2.35. The second-order valence-electron chi connectivity index (χ2n) is 5.35. The van der Waals surface area contributed by atoms with E-state index in [9.17, 15) is 13.2 Å². The van der Waals surface area contributed by atoms with Crippen LogP contribution in [0.1, 0.15) is 11.3 Å². The van der Waals surface area contributed by atoms with E-state index in [1.807, 2.05) is 19.1 Å². The summed E-state index contributed by atoms with van der Waals surface area (Å²) in [4.78, 5) is 0. The second-order valence-corrected chi connectivity index (χ2v) is 5.49. The van der Waals surface area contributed by atoms with Crippen LogP contribution in [0.3, 0.4) is 0 Å². The van der Waals surface area contributed by atoms with E-state index in [0.717, 1.165) is 11.6 Å². The lowest BCUT2D eigenvalue weighted by atomic mass is 10.1. The number of alkyl halides is 3. The van der Waals surface area contributed by atoms with E-state index in [-0.39, 0.29) is 0 Å². The predicted molar refractivity (Wildman–Crippen MR) is 92.1 cm³/mol. The molecule has 0 saturated carbocycles. The van der Waals surface area contributed by atoms with Crippen LogP contribution in [0.2, 0.25) is 0 Å². The number of nitrogens with two attached hydrogens (primary N) is 1. The Morgan fingerprint density at radius 1 is 1.00 bits per heavy atom. The monoisotopic (exact) mass is 381 g/mol. The molecule has 0 unspecified atom stereocenters. The van der Waals surface area contributed by atoms with Crippen molar-refractivity contribution in [1.82, 2.24) is 9.78 Å². The highest BCUT2D eigenvalue weighted by Crippen LogP contribution is 2.33. The molecule has 3 rings (SSSR count). The Morgan fingerprint density at radius 3 is 2.04 bits per heavy atom. The molecule has 0 spiro atoms. The maximum atomic E-state index is 13.0. The third-order valence-electron chi connectivity index (χ3n) is 3.48. The molecule has 1 aromatic heterocycles. The number of nitrogen functional groups attached to an aromatic ring is 1. The van der Waals surface area contributed by atoms with Crippen molar-refractivity contribution in [2.45, 2.75) is 13.1 Å². The van der Waals surface area contributed by atoms with Crippen LogP contribution in [0.15, 0.2) is 54.6 Å². The van der Waals surface area contributed by atoms with Gasteiger partial charge in [0.05, 0.1) is 11.4 Å². The van der Waals surface area contributed by atoms with Crippen molar-refractivity contribution in [2.24, 2.45) is 0 Å². The number of nitrogens with zero attached hydrogens (tertiary/aromatic N) is 2. The Kier molecular flexibility index (Phi) is 5.93. The third kappa shape index (κ3) is 4.57. The van der Waals surface area contributed by atoms with Crippen molar-refractivity contribution in [2.75, 3.05) is 5.73 Å². The summed E-state index contributed by atoms with van der Waals surface area (Å²) in [6.07, 6.45) is -4.50. The fourth-order valence-corrected chi connectivity index (χ4v) is 2.26. The van der Waals surface area contributed by atoms with Gasteiger partial charge in [0.15, 0.2) is 5.69 Å². The van der Waals surface area contributed by atoms with Gasteiger partial charge in [-0.1, -0.05) is 29.8 Å². The van der Waals surface area contributed by atoms with E-state index >= 15 is 0 Å². The van der Waals surface area contributed by atoms with Gasteiger partial charge in [-0.25, -0.2) is 4.68 Å². The zero-order valence-corrected chi connectivity index (χ0v) is 14.3. The fourth-order valence-electron chi connectivity index (χ4n) is 2.26. The minimum absolute atomic E-state index is 0.362. The average molecular weight is 381 g/mol. The molecule has 2 aromatic carbocycles. The summed E-state index contributed by atoms with van der Waals surface area (Å²) in [6.45, 7) is 1.91. The number of benzene rings is 2. The lowest BCUT2D eigenvalue weighted by Crippen LogP contribution is -2.07. The largest absolute Gasteiger partial charge is 0.435 e. The van der Waals surface area contributed by atoms with Gasteiger partial charge in [-0.05, 0) is 37.3 Å². The van der Waals surface area contributed by atoms with Gasteiger partial charge in [0.1, 0.15) is 0 Å². The number of rotatable bonds is 2. The van der Waals surface area contributed by atoms with Crippen LogP contribution in [-0.4, -0.2) is 18.2 Å². The molecule has 5 nitrogen and oxygen atoms in total. The van der Waals surface area contributed by atoms with E-state index in [2.05, 4.69) is 5.10 Å². The highest BCUT2D eigenvalue weighted by molar-refractivity contribution is 7.51. The molecule has 26 heavy (non-hydrogen) atoms. The van der Waals surface area contributed by atoms with Crippen LogP contribution in [0.5, 0.6) is 0 Å². The lowest BCUT2D eigenvalue weighted by molar-refractivity contribution is -0.141. The molecule has 0 saturated heterocycles. The Labute approximate surface area is 150 Å². The summed E-state index contributed by atoms with van der Waals surface area (Å²) in [5, 5.41) is 3.74. The van der Waals surface area contributed by atoms with Crippen LogP contribution in [0, 0.1) is 6.92 Å². The Hall–Kier alpha value is -2.94. The van der Waals surface area contributed by atoms with E-state index in [1.165, 1.54) is 4.68 Å². The van der Waals surface area contributed by atoms with Crippen LogP contribution in [0.4, 0.5) is 18.9 Å². The first kappa shape index (κ1) is 19.4. The zero-order chi connectivity index (χ0) is 19.3. The lowest BCUT2D eigenvalue weighted by Gasteiger charge is -2.08. The van der Waals surface area contributed by atoms with Crippen molar-refractivity contribution in [1.29, 1.82) is 0 Å². The number of hydrogen-bond donors (Lipinski definition) is 1. The first-order valence-electron chi connectivity index (χ1n) is 7.28. The predicted octanol–water partition coefficient (Wildman–Crippen LogP) is 3.78. The number of anilines is 1. The molecule has 0 amide bonds. The topological polar surface area (TPSA) is 78.0 Å². The molecule has 0 aliphatic carbocycles. The normalized spacial score (nSPS) is 10.8. The van der Waals surface area contributed by atoms with Gasteiger partial charge in [-0.15, -0.1) is 0 Å². The molecule has 0 bridgehead atoms. The zero-order valence-electron chi connectivity index (χ0n) is 13.5. The summed E-state index contributed by atoms with van der Waals surface area (Å²) in [7, 11) is 0. The molecule has 3 aromatic rings. The number of halogens is 3. The minimum Gasteiger partial charge on any atom is -0.399 e. The Morgan fingerprint density at radius 2 is 1.54 bits per heavy atom. The van der Waals surface area contributed by atoms with Crippen LogP contribution < -0.4 is 5.73 Å². The molecule has 9 heteroatoms. The molecule has 136 valence electrons. The summed E-state index contributed by atoms with van der Waals surface area (Å²) in [5.41, 5.74) is 7.83. The third-order valence-corrected chi connectivity index (χ3v) is 3.48. The van der Waals surface area contributed by atoms with Crippen LogP contribution in [-0.2, 0) is 17.7 Å².